The molecule has 4 aromatic rings. The Bertz CT molecular complexity index is 1360. The summed E-state index contributed by atoms with van der Waals surface area (Å²) in [5.41, 5.74) is 0.180. The van der Waals surface area contributed by atoms with Gasteiger partial charge in [-0.3, -0.25) is 14.5 Å². The van der Waals surface area contributed by atoms with E-state index in [1.807, 2.05) is 0 Å². The van der Waals surface area contributed by atoms with E-state index in [2.05, 4.69) is 10.2 Å². The lowest BCUT2D eigenvalue weighted by Crippen LogP contribution is -2.29. The molecule has 1 atom stereocenters. The standard InChI is InChI=1S/C20H12FN3O4S/c1-9-22-23-20(29-9)24-16(10-3-2-4-12(25)7-10)15-17(26)13-8-11(21)5-6-14(13)28-18(15)19(24)27/h2-8,16,25H,1H3. The zero-order valence-corrected chi connectivity index (χ0v) is 15.7. The lowest BCUT2D eigenvalue weighted by atomic mass is 9.98. The van der Waals surface area contributed by atoms with Gasteiger partial charge in [0.2, 0.25) is 10.9 Å². The van der Waals surface area contributed by atoms with Gasteiger partial charge in [0.25, 0.3) is 5.91 Å². The summed E-state index contributed by atoms with van der Waals surface area (Å²) < 4.78 is 19.5. The first kappa shape index (κ1) is 17.5. The van der Waals surface area contributed by atoms with E-state index in [4.69, 9.17) is 4.42 Å². The molecule has 5 rings (SSSR count). The fourth-order valence-corrected chi connectivity index (χ4v) is 4.25. The fourth-order valence-electron chi connectivity index (χ4n) is 3.54. The molecule has 1 aliphatic rings. The normalized spacial score (nSPS) is 15.9. The molecular weight excluding hydrogens is 397 g/mol. The largest absolute Gasteiger partial charge is 0.508 e. The minimum Gasteiger partial charge on any atom is -0.508 e. The fraction of sp³-hybridized carbons (Fsp3) is 0.100. The first-order valence-electron chi connectivity index (χ1n) is 8.63. The monoisotopic (exact) mass is 409 g/mol. The second-order valence-corrected chi connectivity index (χ2v) is 7.75. The van der Waals surface area contributed by atoms with Gasteiger partial charge in [0.05, 0.1) is 17.0 Å². The number of amides is 1. The summed E-state index contributed by atoms with van der Waals surface area (Å²) in [7, 11) is 0. The van der Waals surface area contributed by atoms with E-state index in [0.717, 1.165) is 12.1 Å². The summed E-state index contributed by atoms with van der Waals surface area (Å²) in [6.45, 7) is 1.75. The molecule has 0 aliphatic carbocycles. The Morgan fingerprint density at radius 1 is 1.17 bits per heavy atom. The predicted octanol–water partition coefficient (Wildman–Crippen LogP) is 3.55. The van der Waals surface area contributed by atoms with Crippen LogP contribution in [-0.2, 0) is 0 Å². The molecule has 7 nitrogen and oxygen atoms in total. The quantitative estimate of drug-likeness (QED) is 0.544. The van der Waals surface area contributed by atoms with Crippen LogP contribution in [-0.4, -0.2) is 21.2 Å². The van der Waals surface area contributed by atoms with Gasteiger partial charge in [0, 0.05) is 0 Å². The minimum atomic E-state index is -0.888. The van der Waals surface area contributed by atoms with E-state index in [0.29, 0.717) is 15.7 Å². The van der Waals surface area contributed by atoms with E-state index >= 15 is 0 Å². The second-order valence-electron chi connectivity index (χ2n) is 6.59. The van der Waals surface area contributed by atoms with Gasteiger partial charge in [-0.05, 0) is 42.8 Å². The van der Waals surface area contributed by atoms with Gasteiger partial charge in [-0.1, -0.05) is 23.5 Å². The molecule has 2 aromatic carbocycles. The number of rotatable bonds is 2. The number of fused-ring (bicyclic) bond motifs is 2. The number of hydrogen-bond acceptors (Lipinski definition) is 7. The third-order valence-electron chi connectivity index (χ3n) is 4.74. The number of nitrogens with zero attached hydrogens (tertiary/aromatic N) is 3. The molecule has 0 saturated heterocycles. The first-order valence-corrected chi connectivity index (χ1v) is 9.44. The van der Waals surface area contributed by atoms with Crippen molar-refractivity contribution in [1.82, 2.24) is 10.2 Å². The average Bonchev–Trinajstić information content (AvgIpc) is 3.24. The Morgan fingerprint density at radius 2 is 2.00 bits per heavy atom. The molecule has 9 heteroatoms. The number of hydrogen-bond donors (Lipinski definition) is 1. The molecule has 144 valence electrons. The molecule has 1 unspecified atom stereocenters. The van der Waals surface area contributed by atoms with Crippen LogP contribution in [0.4, 0.5) is 9.52 Å². The molecule has 1 amide bonds. The maximum absolute atomic E-state index is 13.8. The summed E-state index contributed by atoms with van der Waals surface area (Å²) in [6, 6.07) is 8.92. The number of aryl methyl sites for hydroxylation is 1. The average molecular weight is 409 g/mol. The molecule has 0 saturated carbocycles. The zero-order valence-electron chi connectivity index (χ0n) is 14.9. The Kier molecular flexibility index (Phi) is 3.75. The van der Waals surface area contributed by atoms with E-state index in [9.17, 15) is 19.1 Å². The number of phenolic OH excluding ortho intramolecular Hbond substituents is 1. The van der Waals surface area contributed by atoms with Crippen molar-refractivity contribution in [1.29, 1.82) is 0 Å². The molecule has 2 aromatic heterocycles. The van der Waals surface area contributed by atoms with Gasteiger partial charge in [-0.2, -0.15) is 0 Å². The summed E-state index contributed by atoms with van der Waals surface area (Å²) in [6.07, 6.45) is 0. The molecule has 29 heavy (non-hydrogen) atoms. The van der Waals surface area contributed by atoms with Crippen LogP contribution in [0.25, 0.3) is 11.0 Å². The molecule has 3 heterocycles. The van der Waals surface area contributed by atoms with Crippen molar-refractivity contribution >= 4 is 33.3 Å². The van der Waals surface area contributed by atoms with Gasteiger partial charge >= 0.3 is 0 Å². The smallest absolute Gasteiger partial charge is 0.297 e. The lowest BCUT2D eigenvalue weighted by molar-refractivity contribution is 0.0970. The van der Waals surface area contributed by atoms with Crippen LogP contribution >= 0.6 is 11.3 Å². The zero-order chi connectivity index (χ0) is 20.3. The second kappa shape index (κ2) is 6.21. The predicted molar refractivity (Wildman–Crippen MR) is 104 cm³/mol. The molecular formula is C20H12FN3O4S. The Labute approximate surface area is 166 Å². The van der Waals surface area contributed by atoms with Gasteiger partial charge in [0.15, 0.2) is 5.43 Å². The highest BCUT2D eigenvalue weighted by atomic mass is 32.1. The minimum absolute atomic E-state index is 0.0204. The van der Waals surface area contributed by atoms with E-state index in [-0.39, 0.29) is 28.0 Å². The number of aromatic hydroxyl groups is 1. The first-order chi connectivity index (χ1) is 13.9. The van der Waals surface area contributed by atoms with Crippen molar-refractivity contribution in [3.8, 4) is 5.75 Å². The van der Waals surface area contributed by atoms with Crippen LogP contribution < -0.4 is 10.3 Å². The van der Waals surface area contributed by atoms with Crippen LogP contribution in [0.2, 0.25) is 0 Å². The highest BCUT2D eigenvalue weighted by Crippen LogP contribution is 2.42. The van der Waals surface area contributed by atoms with Crippen LogP contribution in [0, 0.1) is 12.7 Å². The van der Waals surface area contributed by atoms with E-state index in [1.54, 1.807) is 19.1 Å². The van der Waals surface area contributed by atoms with Crippen molar-refractivity contribution in [2.45, 2.75) is 13.0 Å². The van der Waals surface area contributed by atoms with E-state index < -0.39 is 23.2 Å². The number of benzene rings is 2. The van der Waals surface area contributed by atoms with Crippen molar-refractivity contribution in [2.75, 3.05) is 4.90 Å². The number of carbonyl (C=O) groups is 1. The van der Waals surface area contributed by atoms with Crippen molar-refractivity contribution in [3.63, 3.8) is 0 Å². The van der Waals surface area contributed by atoms with Crippen molar-refractivity contribution < 1.29 is 18.7 Å². The third kappa shape index (κ3) is 2.62. The number of halogens is 1. The van der Waals surface area contributed by atoms with Crippen LogP contribution in [0.3, 0.4) is 0 Å². The van der Waals surface area contributed by atoms with Crippen LogP contribution in [0.1, 0.15) is 32.7 Å². The number of carbonyl (C=O) groups excluding carboxylic acids is 1. The topological polar surface area (TPSA) is 96.5 Å². The SMILES string of the molecule is Cc1nnc(N2C(=O)c3oc4ccc(F)cc4c(=O)c3C2c2cccc(O)c2)s1. The van der Waals surface area contributed by atoms with Gasteiger partial charge in [-0.15, -0.1) is 10.2 Å². The summed E-state index contributed by atoms with van der Waals surface area (Å²) in [4.78, 5) is 27.8. The highest BCUT2D eigenvalue weighted by molar-refractivity contribution is 7.15. The van der Waals surface area contributed by atoms with Gasteiger partial charge in [-0.25, -0.2) is 4.39 Å². The lowest BCUT2D eigenvalue weighted by Gasteiger charge is -2.22. The molecule has 0 spiro atoms. The van der Waals surface area contributed by atoms with Crippen molar-refractivity contribution in [3.05, 3.63) is 80.4 Å². The molecule has 1 aliphatic heterocycles. The maximum Gasteiger partial charge on any atom is 0.297 e. The molecule has 0 bridgehead atoms. The van der Waals surface area contributed by atoms with Crippen LogP contribution in [0.5, 0.6) is 5.75 Å². The Hall–Kier alpha value is -3.59. The van der Waals surface area contributed by atoms with Crippen molar-refractivity contribution in [2.24, 2.45) is 0 Å². The molecule has 1 N–H and O–H groups in total. The van der Waals surface area contributed by atoms with Gasteiger partial charge < -0.3 is 9.52 Å². The van der Waals surface area contributed by atoms with Crippen LogP contribution in [0.15, 0.2) is 51.7 Å². The Balaban J connectivity index is 1.84. The summed E-state index contributed by atoms with van der Waals surface area (Å²) >= 11 is 1.19. The van der Waals surface area contributed by atoms with E-state index in [1.165, 1.54) is 34.4 Å². The van der Waals surface area contributed by atoms with Gasteiger partial charge in [0.1, 0.15) is 22.2 Å². The summed E-state index contributed by atoms with van der Waals surface area (Å²) in [5, 5.41) is 18.9. The number of phenols is 1. The number of aromatic nitrogens is 2. The molecule has 0 radical (unpaired) electrons. The third-order valence-corrected chi connectivity index (χ3v) is 5.58. The number of anilines is 1. The summed E-state index contributed by atoms with van der Waals surface area (Å²) in [5.74, 6) is -1.28. The molecule has 0 fully saturated rings. The highest BCUT2D eigenvalue weighted by Gasteiger charge is 2.45. The Morgan fingerprint density at radius 3 is 2.72 bits per heavy atom. The maximum atomic E-state index is 13.8.